The monoisotopic (exact) mass is 290 g/mol. The van der Waals surface area contributed by atoms with Crippen LogP contribution < -0.4 is 4.74 Å². The SMILES string of the molecule is CC(=O)COCC(F)C(F)COc1ccc(C)cc1F. The van der Waals surface area contributed by atoms with Crippen molar-refractivity contribution in [2.45, 2.75) is 26.2 Å². The van der Waals surface area contributed by atoms with Crippen LogP contribution in [0.5, 0.6) is 5.75 Å². The summed E-state index contributed by atoms with van der Waals surface area (Å²) in [6.07, 6.45) is -3.88. The van der Waals surface area contributed by atoms with Gasteiger partial charge in [0.1, 0.15) is 13.2 Å². The van der Waals surface area contributed by atoms with Crippen LogP contribution in [0.25, 0.3) is 0 Å². The highest BCUT2D eigenvalue weighted by molar-refractivity contribution is 5.76. The summed E-state index contributed by atoms with van der Waals surface area (Å²) in [5.74, 6) is -1.03. The van der Waals surface area contributed by atoms with Crippen LogP contribution in [0.1, 0.15) is 12.5 Å². The van der Waals surface area contributed by atoms with E-state index in [4.69, 9.17) is 4.74 Å². The molecule has 1 rings (SSSR count). The van der Waals surface area contributed by atoms with Crippen molar-refractivity contribution in [2.75, 3.05) is 19.8 Å². The van der Waals surface area contributed by atoms with E-state index in [2.05, 4.69) is 4.74 Å². The zero-order valence-corrected chi connectivity index (χ0v) is 11.4. The van der Waals surface area contributed by atoms with Gasteiger partial charge in [-0.05, 0) is 31.5 Å². The van der Waals surface area contributed by atoms with Crippen LogP contribution in [0.2, 0.25) is 0 Å². The van der Waals surface area contributed by atoms with Crippen molar-refractivity contribution < 1.29 is 27.4 Å². The van der Waals surface area contributed by atoms with Gasteiger partial charge in [0.25, 0.3) is 0 Å². The van der Waals surface area contributed by atoms with Crippen molar-refractivity contribution in [1.82, 2.24) is 0 Å². The summed E-state index contributed by atoms with van der Waals surface area (Å²) in [5, 5.41) is 0. The molecule has 0 heterocycles. The summed E-state index contributed by atoms with van der Waals surface area (Å²) in [6, 6.07) is 4.21. The van der Waals surface area contributed by atoms with Gasteiger partial charge >= 0.3 is 0 Å². The Morgan fingerprint density at radius 3 is 2.50 bits per heavy atom. The number of hydrogen-bond acceptors (Lipinski definition) is 3. The molecule has 2 atom stereocenters. The Bertz CT molecular complexity index is 451. The molecule has 112 valence electrons. The largest absolute Gasteiger partial charge is 0.487 e. The molecule has 0 radical (unpaired) electrons. The third-order valence-electron chi connectivity index (χ3n) is 2.46. The van der Waals surface area contributed by atoms with Crippen LogP contribution >= 0.6 is 0 Å². The molecule has 0 N–H and O–H groups in total. The summed E-state index contributed by atoms with van der Waals surface area (Å²) < 4.78 is 49.7. The van der Waals surface area contributed by atoms with Crippen LogP contribution in [0, 0.1) is 12.7 Å². The van der Waals surface area contributed by atoms with Gasteiger partial charge in [0, 0.05) is 0 Å². The molecule has 20 heavy (non-hydrogen) atoms. The lowest BCUT2D eigenvalue weighted by atomic mass is 10.2. The van der Waals surface area contributed by atoms with Gasteiger partial charge in [-0.1, -0.05) is 6.07 Å². The third kappa shape index (κ3) is 5.61. The van der Waals surface area contributed by atoms with Crippen LogP contribution in [0.15, 0.2) is 18.2 Å². The summed E-state index contributed by atoms with van der Waals surface area (Å²) >= 11 is 0. The van der Waals surface area contributed by atoms with E-state index >= 15 is 0 Å². The number of carbonyl (C=O) groups excluding carboxylic acids is 1. The minimum absolute atomic E-state index is 0.130. The first-order chi connectivity index (χ1) is 9.40. The summed E-state index contributed by atoms with van der Waals surface area (Å²) in [7, 11) is 0. The van der Waals surface area contributed by atoms with Gasteiger partial charge in [-0.2, -0.15) is 0 Å². The summed E-state index contributed by atoms with van der Waals surface area (Å²) in [5.41, 5.74) is 0.702. The van der Waals surface area contributed by atoms with E-state index in [1.807, 2.05) is 0 Å². The molecule has 3 nitrogen and oxygen atoms in total. The summed E-state index contributed by atoms with van der Waals surface area (Å²) in [4.78, 5) is 10.6. The van der Waals surface area contributed by atoms with E-state index < -0.39 is 31.4 Å². The molecule has 0 bridgehead atoms. The molecule has 0 amide bonds. The van der Waals surface area contributed by atoms with E-state index in [0.29, 0.717) is 5.56 Å². The normalized spacial score (nSPS) is 13.8. The minimum Gasteiger partial charge on any atom is -0.487 e. The molecule has 0 aliphatic rings. The second-order valence-electron chi connectivity index (χ2n) is 4.49. The predicted octanol–water partition coefficient (Wildman–Crippen LogP) is 2.79. The second-order valence-corrected chi connectivity index (χ2v) is 4.49. The highest BCUT2D eigenvalue weighted by atomic mass is 19.2. The van der Waals surface area contributed by atoms with Crippen molar-refractivity contribution in [3.05, 3.63) is 29.6 Å². The lowest BCUT2D eigenvalue weighted by Crippen LogP contribution is -2.29. The molecule has 1 aromatic rings. The van der Waals surface area contributed by atoms with Gasteiger partial charge in [-0.25, -0.2) is 13.2 Å². The fourth-order valence-electron chi connectivity index (χ4n) is 1.42. The Morgan fingerprint density at radius 2 is 1.90 bits per heavy atom. The van der Waals surface area contributed by atoms with E-state index in [1.165, 1.54) is 19.1 Å². The minimum atomic E-state index is -1.96. The van der Waals surface area contributed by atoms with Crippen molar-refractivity contribution in [1.29, 1.82) is 0 Å². The van der Waals surface area contributed by atoms with Crippen molar-refractivity contribution >= 4 is 5.78 Å². The van der Waals surface area contributed by atoms with Crippen molar-refractivity contribution in [3.63, 3.8) is 0 Å². The van der Waals surface area contributed by atoms with Crippen molar-refractivity contribution in [2.24, 2.45) is 0 Å². The van der Waals surface area contributed by atoms with Crippen molar-refractivity contribution in [3.8, 4) is 5.75 Å². The molecular weight excluding hydrogens is 273 g/mol. The first-order valence-corrected chi connectivity index (χ1v) is 6.14. The molecule has 0 spiro atoms. The van der Waals surface area contributed by atoms with Crippen LogP contribution in [0.3, 0.4) is 0 Å². The summed E-state index contributed by atoms with van der Waals surface area (Å²) in [6.45, 7) is 1.56. The Morgan fingerprint density at radius 1 is 1.25 bits per heavy atom. The Labute approximate surface area is 115 Å². The molecule has 0 fully saturated rings. The van der Waals surface area contributed by atoms with Crippen LogP contribution in [-0.2, 0) is 9.53 Å². The van der Waals surface area contributed by atoms with E-state index in [0.717, 1.165) is 0 Å². The highest BCUT2D eigenvalue weighted by Gasteiger charge is 2.22. The fraction of sp³-hybridized carbons (Fsp3) is 0.500. The smallest absolute Gasteiger partial charge is 0.167 e. The van der Waals surface area contributed by atoms with E-state index in [9.17, 15) is 18.0 Å². The standard InChI is InChI=1S/C14H17F3O3/c1-9-3-4-14(11(15)5-9)20-8-13(17)12(16)7-19-6-10(2)18/h3-5,12-13H,6-8H2,1-2H3. The number of aryl methyl sites for hydroxylation is 1. The van der Waals surface area contributed by atoms with Gasteiger partial charge in [-0.3, -0.25) is 4.79 Å². The zero-order chi connectivity index (χ0) is 15.1. The molecule has 1 aromatic carbocycles. The van der Waals surface area contributed by atoms with Gasteiger partial charge in [0.15, 0.2) is 29.7 Å². The molecular formula is C14H17F3O3. The first kappa shape index (κ1) is 16.5. The Kier molecular flexibility index (Phi) is 6.51. The Balaban J connectivity index is 2.38. The fourth-order valence-corrected chi connectivity index (χ4v) is 1.42. The number of carbonyl (C=O) groups is 1. The maximum atomic E-state index is 13.4. The number of alkyl halides is 2. The molecule has 2 unspecified atom stereocenters. The molecule has 6 heteroatoms. The van der Waals surface area contributed by atoms with Gasteiger partial charge in [0.2, 0.25) is 0 Å². The van der Waals surface area contributed by atoms with Gasteiger partial charge in [-0.15, -0.1) is 0 Å². The average Bonchev–Trinajstić information content (AvgIpc) is 2.36. The highest BCUT2D eigenvalue weighted by Crippen LogP contribution is 2.19. The average molecular weight is 290 g/mol. The van der Waals surface area contributed by atoms with E-state index in [-0.39, 0.29) is 18.1 Å². The van der Waals surface area contributed by atoms with Gasteiger partial charge in [0.05, 0.1) is 6.61 Å². The number of hydrogen-bond donors (Lipinski definition) is 0. The zero-order valence-electron chi connectivity index (χ0n) is 11.4. The molecule has 0 aliphatic heterocycles. The number of Topliss-reactive ketones (excluding diaryl/α,β-unsaturated/α-hetero) is 1. The maximum absolute atomic E-state index is 13.4. The number of rotatable bonds is 8. The third-order valence-corrected chi connectivity index (χ3v) is 2.46. The number of ether oxygens (including phenoxy) is 2. The van der Waals surface area contributed by atoms with Crippen LogP contribution in [-0.4, -0.2) is 37.9 Å². The lowest BCUT2D eigenvalue weighted by molar-refractivity contribution is -0.122. The Hall–Kier alpha value is -1.56. The topological polar surface area (TPSA) is 35.5 Å². The molecule has 0 saturated heterocycles. The van der Waals surface area contributed by atoms with Gasteiger partial charge < -0.3 is 9.47 Å². The van der Waals surface area contributed by atoms with Crippen LogP contribution in [0.4, 0.5) is 13.2 Å². The predicted molar refractivity (Wildman–Crippen MR) is 67.9 cm³/mol. The second kappa shape index (κ2) is 7.89. The molecule has 0 saturated carbocycles. The van der Waals surface area contributed by atoms with E-state index in [1.54, 1.807) is 13.0 Å². The number of ketones is 1. The number of benzene rings is 1. The molecule has 0 aromatic heterocycles. The quantitative estimate of drug-likeness (QED) is 0.738. The maximum Gasteiger partial charge on any atom is 0.167 e. The lowest BCUT2D eigenvalue weighted by Gasteiger charge is -2.15. The first-order valence-electron chi connectivity index (χ1n) is 6.14. The molecule has 0 aliphatic carbocycles. The number of halogens is 3.